The average Bonchev–Trinajstić information content (AvgIpc) is 2.97. The van der Waals surface area contributed by atoms with E-state index >= 15 is 0 Å². The van der Waals surface area contributed by atoms with E-state index in [1.54, 1.807) is 7.05 Å². The van der Waals surface area contributed by atoms with Crippen molar-refractivity contribution < 1.29 is 48.8 Å². The summed E-state index contributed by atoms with van der Waals surface area (Å²) in [7, 11) is -12.2. The second-order valence-electron chi connectivity index (χ2n) is 9.32. The lowest BCUT2D eigenvalue weighted by atomic mass is 10.1. The van der Waals surface area contributed by atoms with Gasteiger partial charge in [-0.05, 0) is 53.4 Å². The van der Waals surface area contributed by atoms with Crippen molar-refractivity contribution in [3.63, 3.8) is 0 Å². The minimum absolute atomic E-state index is 0.0241. The fraction of sp³-hybridized carbons (Fsp3) is 0.0800. The smallest absolute Gasteiger partial charge is 0.322 e. The van der Waals surface area contributed by atoms with E-state index in [0.29, 0.717) is 5.69 Å². The molecule has 1 aromatic heterocycles. The van der Waals surface area contributed by atoms with E-state index in [9.17, 15) is 44.0 Å². The number of aromatic hydroxyl groups is 1. The number of fused-ring (bicyclic) bond motifs is 2. The maximum Gasteiger partial charge on any atom is 0.322 e. The van der Waals surface area contributed by atoms with Crippen LogP contribution in [0.4, 0.5) is 23.0 Å². The van der Waals surface area contributed by atoms with Crippen molar-refractivity contribution in [3.05, 3.63) is 59.9 Å². The molecule has 0 saturated heterocycles. The van der Waals surface area contributed by atoms with Crippen LogP contribution in [-0.4, -0.2) is 73.1 Å². The number of anilines is 2. The molecule has 1 heterocycles. The molecule has 21 heteroatoms. The number of rotatable bonds is 8. The number of hydrogen-bond acceptors (Lipinski definition) is 14. The van der Waals surface area contributed by atoms with E-state index in [-0.39, 0.29) is 38.8 Å². The fourth-order valence-corrected chi connectivity index (χ4v) is 6.83. The molecule has 0 unspecified atom stereocenters. The number of nitrogens with zero attached hydrogens (tertiary/aromatic N) is 6. The van der Waals surface area contributed by atoms with Crippen molar-refractivity contribution in [1.82, 2.24) is 15.0 Å². The second kappa shape index (κ2) is 11.7. The van der Waals surface area contributed by atoms with Crippen LogP contribution < -0.4 is 9.64 Å². The van der Waals surface area contributed by atoms with Gasteiger partial charge in [0, 0.05) is 28.9 Å². The molecule has 0 amide bonds. The Bertz CT molecular complexity index is 2440. The van der Waals surface area contributed by atoms with Gasteiger partial charge in [0.05, 0.1) is 7.11 Å². The Balaban J connectivity index is 1.68. The monoisotopic (exact) mass is 710 g/mol. The van der Waals surface area contributed by atoms with E-state index in [1.165, 1.54) is 30.2 Å². The summed E-state index contributed by atoms with van der Waals surface area (Å²) in [5, 5.41) is 17.8. The zero-order chi connectivity index (χ0) is 33.8. The summed E-state index contributed by atoms with van der Waals surface area (Å²) in [5.41, 5.74) is -1.03. The second-order valence-corrected chi connectivity index (χ2v) is 13.8. The SMILES string of the molecule is COc1nc(Cl)nc(N(C)c2ccc3c(O)c(N=Nc4ccc5c(S(=O)(=O)O)cccc5c4S(=O)(=O)O)c(S(=O)(=O)O)cc3c2)n1. The molecule has 0 fully saturated rings. The zero-order valence-corrected chi connectivity index (χ0v) is 26.3. The first-order valence-electron chi connectivity index (χ1n) is 12.3. The third-order valence-corrected chi connectivity index (χ3v) is 9.40. The van der Waals surface area contributed by atoms with Crippen LogP contribution in [0.15, 0.2) is 79.5 Å². The van der Waals surface area contributed by atoms with Crippen LogP contribution in [0, 0.1) is 0 Å². The first-order valence-corrected chi connectivity index (χ1v) is 17.0. The third kappa shape index (κ3) is 6.26. The number of azo groups is 1. The summed E-state index contributed by atoms with van der Waals surface area (Å²) in [6.45, 7) is 0. The van der Waals surface area contributed by atoms with Crippen molar-refractivity contribution in [2.45, 2.75) is 14.7 Å². The van der Waals surface area contributed by atoms with E-state index in [1.807, 2.05) is 0 Å². The number of halogens is 1. The molecular formula is C25H19ClN6O11S3. The van der Waals surface area contributed by atoms with Gasteiger partial charge in [-0.3, -0.25) is 13.7 Å². The van der Waals surface area contributed by atoms with E-state index in [0.717, 1.165) is 36.4 Å². The highest BCUT2D eigenvalue weighted by atomic mass is 35.5. The van der Waals surface area contributed by atoms with Gasteiger partial charge in [0.1, 0.15) is 26.1 Å². The van der Waals surface area contributed by atoms with Gasteiger partial charge in [-0.2, -0.15) is 40.2 Å². The lowest BCUT2D eigenvalue weighted by Gasteiger charge is -2.18. The molecule has 4 aromatic carbocycles. The minimum Gasteiger partial charge on any atom is -0.505 e. The summed E-state index contributed by atoms with van der Waals surface area (Å²) in [6.07, 6.45) is 0. The molecule has 0 bridgehead atoms. The standard InChI is InChI=1S/C25H19ClN6O11S3/c1-32(24-27-23(26)28-25(29-24)43-2)13-6-7-14-12(10-13)11-19(45(37,38)39)20(21(14)33)31-30-17-9-8-15-16(22(17)46(40,41)42)4-3-5-18(15)44(34,35)36/h3-11,33H,1-2H3,(H,34,35,36)(H,37,38,39)(H,40,41,42). The Morgan fingerprint density at radius 3 is 2.09 bits per heavy atom. The van der Waals surface area contributed by atoms with Crippen molar-refractivity contribution in [1.29, 1.82) is 0 Å². The molecule has 5 aromatic rings. The molecule has 0 aliphatic rings. The van der Waals surface area contributed by atoms with E-state index in [2.05, 4.69) is 25.2 Å². The molecule has 0 aliphatic carbocycles. The van der Waals surface area contributed by atoms with Gasteiger partial charge < -0.3 is 14.7 Å². The number of methoxy groups -OCH3 is 1. The number of phenols is 1. The summed E-state index contributed by atoms with van der Waals surface area (Å²) < 4.78 is 108. The highest BCUT2D eigenvalue weighted by molar-refractivity contribution is 7.86. The molecule has 4 N–H and O–H groups in total. The first kappa shape index (κ1) is 32.8. The highest BCUT2D eigenvalue weighted by Gasteiger charge is 2.26. The molecule has 46 heavy (non-hydrogen) atoms. The minimum atomic E-state index is -5.15. The number of benzene rings is 4. The van der Waals surface area contributed by atoms with Gasteiger partial charge >= 0.3 is 6.01 Å². The van der Waals surface area contributed by atoms with Crippen LogP contribution in [0.2, 0.25) is 5.28 Å². The van der Waals surface area contributed by atoms with Gasteiger partial charge in [-0.25, -0.2) is 0 Å². The Morgan fingerprint density at radius 2 is 1.46 bits per heavy atom. The molecule has 0 aliphatic heterocycles. The van der Waals surface area contributed by atoms with Crippen molar-refractivity contribution in [2.24, 2.45) is 10.2 Å². The molecule has 0 saturated carbocycles. The van der Waals surface area contributed by atoms with Crippen LogP contribution in [-0.2, 0) is 30.4 Å². The molecule has 0 atom stereocenters. The summed E-state index contributed by atoms with van der Waals surface area (Å²) in [6, 6.07) is 10.4. The third-order valence-electron chi connectivity index (χ3n) is 6.50. The maximum absolute atomic E-state index is 12.4. The van der Waals surface area contributed by atoms with E-state index < -0.39 is 62.2 Å². The Labute approximate surface area is 265 Å². The van der Waals surface area contributed by atoms with Crippen molar-refractivity contribution >= 4 is 86.5 Å². The summed E-state index contributed by atoms with van der Waals surface area (Å²) in [5.74, 6) is -0.731. The predicted octanol–water partition coefficient (Wildman–Crippen LogP) is 4.47. The van der Waals surface area contributed by atoms with Crippen LogP contribution in [0.5, 0.6) is 11.8 Å². The fourth-order valence-electron chi connectivity index (χ4n) is 4.49. The largest absolute Gasteiger partial charge is 0.505 e. The van der Waals surface area contributed by atoms with Crippen molar-refractivity contribution in [2.75, 3.05) is 19.1 Å². The Hall–Kier alpha value is -4.57. The zero-order valence-electron chi connectivity index (χ0n) is 23.1. The van der Waals surface area contributed by atoms with Gasteiger partial charge in [0.2, 0.25) is 11.2 Å². The van der Waals surface area contributed by atoms with Crippen molar-refractivity contribution in [3.8, 4) is 11.8 Å². The number of hydrogen-bond donors (Lipinski definition) is 4. The van der Waals surface area contributed by atoms with Gasteiger partial charge in [0.15, 0.2) is 5.75 Å². The quantitative estimate of drug-likeness (QED) is 0.128. The lowest BCUT2D eigenvalue weighted by molar-refractivity contribution is 0.378. The van der Waals surface area contributed by atoms with Gasteiger partial charge in [0.25, 0.3) is 30.4 Å². The predicted molar refractivity (Wildman–Crippen MR) is 163 cm³/mol. The Morgan fingerprint density at radius 1 is 0.783 bits per heavy atom. The highest BCUT2D eigenvalue weighted by Crippen LogP contribution is 2.43. The van der Waals surface area contributed by atoms with E-state index in [4.69, 9.17) is 16.3 Å². The van der Waals surface area contributed by atoms with Crippen LogP contribution in [0.1, 0.15) is 0 Å². The molecular weight excluding hydrogens is 692 g/mol. The number of phenolic OH excluding ortho intramolecular Hbond substituents is 1. The molecule has 0 spiro atoms. The maximum atomic E-state index is 12.4. The lowest BCUT2D eigenvalue weighted by Crippen LogP contribution is -2.14. The summed E-state index contributed by atoms with van der Waals surface area (Å²) >= 11 is 5.93. The van der Waals surface area contributed by atoms with Crippen LogP contribution >= 0.6 is 11.6 Å². The normalized spacial score (nSPS) is 12.7. The molecule has 17 nitrogen and oxygen atoms in total. The van der Waals surface area contributed by atoms with Gasteiger partial charge in [-0.15, -0.1) is 10.2 Å². The Kier molecular flexibility index (Phi) is 8.32. The van der Waals surface area contributed by atoms with Gasteiger partial charge in [-0.1, -0.05) is 18.2 Å². The first-order chi connectivity index (χ1) is 21.4. The topological polar surface area (TPSA) is 259 Å². The molecule has 5 rings (SSSR count). The number of aromatic nitrogens is 3. The molecule has 240 valence electrons. The average molecular weight is 711 g/mol. The van der Waals surface area contributed by atoms with Crippen LogP contribution in [0.25, 0.3) is 21.5 Å². The molecule has 0 radical (unpaired) electrons. The summed E-state index contributed by atoms with van der Waals surface area (Å²) in [4.78, 5) is 10.8. The number of ether oxygens (including phenoxy) is 1. The van der Waals surface area contributed by atoms with Crippen LogP contribution in [0.3, 0.4) is 0 Å².